The van der Waals surface area contributed by atoms with Gasteiger partial charge in [-0.3, -0.25) is 0 Å². The predicted molar refractivity (Wildman–Crippen MR) is 87.3 cm³/mol. The van der Waals surface area contributed by atoms with Gasteiger partial charge in [0.05, 0.1) is 11.5 Å². The monoisotopic (exact) mass is 303 g/mol. The molecule has 0 radical (unpaired) electrons. The molecule has 1 saturated heterocycles. The lowest BCUT2D eigenvalue weighted by atomic mass is 10.0. The Bertz CT molecular complexity index is 739. The fraction of sp³-hybridized carbons (Fsp3) is 0.412. The molecule has 4 heteroatoms. The summed E-state index contributed by atoms with van der Waals surface area (Å²) in [5.41, 5.74) is 1.31. The number of nitrogens with zero attached hydrogens (tertiary/aromatic N) is 1. The highest BCUT2D eigenvalue weighted by Crippen LogP contribution is 2.19. The summed E-state index contributed by atoms with van der Waals surface area (Å²) in [6, 6.07) is 15.1. The van der Waals surface area contributed by atoms with Crippen LogP contribution in [0.25, 0.3) is 10.8 Å². The van der Waals surface area contributed by atoms with Crippen LogP contribution in [-0.2, 0) is 16.3 Å². The normalized spacial score (nSPS) is 21.1. The highest BCUT2D eigenvalue weighted by molar-refractivity contribution is 7.91. The molecule has 0 spiro atoms. The fourth-order valence-electron chi connectivity index (χ4n) is 3.01. The Labute approximate surface area is 126 Å². The van der Waals surface area contributed by atoms with Crippen molar-refractivity contribution in [2.45, 2.75) is 18.9 Å². The maximum absolute atomic E-state index is 11.5. The van der Waals surface area contributed by atoms with Crippen molar-refractivity contribution in [3.05, 3.63) is 48.0 Å². The van der Waals surface area contributed by atoms with Crippen LogP contribution in [0.4, 0.5) is 0 Å². The van der Waals surface area contributed by atoms with Gasteiger partial charge in [-0.1, -0.05) is 42.5 Å². The lowest BCUT2D eigenvalue weighted by Crippen LogP contribution is -2.34. The molecule has 2 aromatic rings. The molecule has 1 atom stereocenters. The molecule has 0 bridgehead atoms. The highest BCUT2D eigenvalue weighted by atomic mass is 32.2. The maximum atomic E-state index is 11.5. The zero-order chi connectivity index (χ0) is 14.9. The van der Waals surface area contributed by atoms with E-state index in [9.17, 15) is 8.42 Å². The molecule has 0 N–H and O–H groups in total. The molecule has 0 amide bonds. The summed E-state index contributed by atoms with van der Waals surface area (Å²) in [4.78, 5) is 2.19. The van der Waals surface area contributed by atoms with E-state index < -0.39 is 9.84 Å². The van der Waals surface area contributed by atoms with E-state index in [2.05, 4.69) is 47.4 Å². The molecule has 0 saturated carbocycles. The van der Waals surface area contributed by atoms with Crippen LogP contribution in [0.2, 0.25) is 0 Å². The molecular weight excluding hydrogens is 282 g/mol. The summed E-state index contributed by atoms with van der Waals surface area (Å²) >= 11 is 0. The fourth-order valence-corrected chi connectivity index (χ4v) is 4.81. The van der Waals surface area contributed by atoms with E-state index >= 15 is 0 Å². The second kappa shape index (κ2) is 5.78. The first-order chi connectivity index (χ1) is 10.0. The summed E-state index contributed by atoms with van der Waals surface area (Å²) in [5, 5.41) is 2.53. The first-order valence-corrected chi connectivity index (χ1v) is 9.24. The molecule has 1 aliphatic rings. The van der Waals surface area contributed by atoms with E-state index in [0.29, 0.717) is 11.5 Å². The maximum Gasteiger partial charge on any atom is 0.151 e. The van der Waals surface area contributed by atoms with Crippen molar-refractivity contribution >= 4 is 20.6 Å². The quantitative estimate of drug-likeness (QED) is 0.871. The summed E-state index contributed by atoms with van der Waals surface area (Å²) in [7, 11) is -0.760. The Hall–Kier alpha value is -1.39. The summed E-state index contributed by atoms with van der Waals surface area (Å²) in [6.07, 6.45) is 1.73. The molecule has 1 aliphatic heterocycles. The predicted octanol–water partition coefficient (Wildman–Crippen LogP) is 2.50. The Morgan fingerprint density at radius 1 is 1.14 bits per heavy atom. The van der Waals surface area contributed by atoms with Gasteiger partial charge in [-0.2, -0.15) is 0 Å². The van der Waals surface area contributed by atoms with Crippen molar-refractivity contribution in [3.8, 4) is 0 Å². The van der Waals surface area contributed by atoms with Gasteiger partial charge in [0, 0.05) is 12.6 Å². The number of hydrogen-bond acceptors (Lipinski definition) is 3. The molecular formula is C17H21NO2S. The number of hydrogen-bond donors (Lipinski definition) is 0. The number of rotatable bonds is 4. The minimum atomic E-state index is -2.79. The smallest absolute Gasteiger partial charge is 0.151 e. The third kappa shape index (κ3) is 3.44. The van der Waals surface area contributed by atoms with Crippen molar-refractivity contribution in [2.75, 3.05) is 25.1 Å². The van der Waals surface area contributed by atoms with Crippen molar-refractivity contribution in [1.82, 2.24) is 4.90 Å². The molecule has 112 valence electrons. The lowest BCUT2D eigenvalue weighted by molar-refractivity contribution is 0.265. The Morgan fingerprint density at radius 3 is 2.62 bits per heavy atom. The van der Waals surface area contributed by atoms with Gasteiger partial charge in [0.15, 0.2) is 9.84 Å². The Morgan fingerprint density at radius 2 is 1.90 bits per heavy atom. The zero-order valence-electron chi connectivity index (χ0n) is 12.3. The molecule has 21 heavy (non-hydrogen) atoms. The van der Waals surface area contributed by atoms with E-state index in [1.165, 1.54) is 16.3 Å². The van der Waals surface area contributed by atoms with Crippen LogP contribution >= 0.6 is 0 Å². The number of likely N-dealkylation sites (N-methyl/N-ethyl adjacent to an activating group) is 1. The van der Waals surface area contributed by atoms with Gasteiger partial charge in [-0.25, -0.2) is 8.42 Å². The van der Waals surface area contributed by atoms with Crippen molar-refractivity contribution in [2.24, 2.45) is 0 Å². The van der Waals surface area contributed by atoms with Crippen LogP contribution in [0.5, 0.6) is 0 Å². The zero-order valence-corrected chi connectivity index (χ0v) is 13.1. The lowest BCUT2D eigenvalue weighted by Gasteiger charge is -2.23. The average Bonchev–Trinajstić information content (AvgIpc) is 2.85. The summed E-state index contributed by atoms with van der Waals surface area (Å²) in [5.74, 6) is 0.666. The van der Waals surface area contributed by atoms with Crippen LogP contribution in [-0.4, -0.2) is 44.5 Å². The third-order valence-electron chi connectivity index (χ3n) is 4.40. The third-order valence-corrected chi connectivity index (χ3v) is 6.15. The molecule has 0 aromatic heterocycles. The molecule has 3 nitrogen and oxygen atoms in total. The van der Waals surface area contributed by atoms with Gasteiger partial charge in [-0.05, 0) is 36.2 Å². The van der Waals surface area contributed by atoms with Crippen LogP contribution in [0.1, 0.15) is 12.0 Å². The standard InChI is InChI=1S/C17H21NO2S/c1-18(17-9-11-21(19,20)13-17)10-8-14-6-7-15-4-2-3-5-16(15)12-14/h2-7,12,17H,8-11,13H2,1H3/t17-/m0/s1. The van der Waals surface area contributed by atoms with Gasteiger partial charge < -0.3 is 4.90 Å². The largest absolute Gasteiger partial charge is 0.302 e. The van der Waals surface area contributed by atoms with E-state index in [-0.39, 0.29) is 6.04 Å². The van der Waals surface area contributed by atoms with Crippen molar-refractivity contribution < 1.29 is 8.42 Å². The average molecular weight is 303 g/mol. The number of sulfone groups is 1. The van der Waals surface area contributed by atoms with Gasteiger partial charge >= 0.3 is 0 Å². The van der Waals surface area contributed by atoms with E-state index in [1.54, 1.807) is 0 Å². The summed E-state index contributed by atoms with van der Waals surface area (Å²) < 4.78 is 23.1. The van der Waals surface area contributed by atoms with Crippen molar-refractivity contribution in [3.63, 3.8) is 0 Å². The second-order valence-electron chi connectivity index (χ2n) is 5.97. The van der Waals surface area contributed by atoms with Gasteiger partial charge in [0.2, 0.25) is 0 Å². The Balaban J connectivity index is 1.63. The first-order valence-electron chi connectivity index (χ1n) is 7.42. The highest BCUT2D eigenvalue weighted by Gasteiger charge is 2.30. The van der Waals surface area contributed by atoms with E-state index in [0.717, 1.165) is 19.4 Å². The molecule has 1 fully saturated rings. The SMILES string of the molecule is CN(CCc1ccc2ccccc2c1)[C@H]1CCS(=O)(=O)C1. The second-order valence-corrected chi connectivity index (χ2v) is 8.20. The number of fused-ring (bicyclic) bond motifs is 1. The molecule has 0 aliphatic carbocycles. The van der Waals surface area contributed by atoms with Crippen molar-refractivity contribution in [1.29, 1.82) is 0 Å². The van der Waals surface area contributed by atoms with Gasteiger partial charge in [0.25, 0.3) is 0 Å². The number of benzene rings is 2. The van der Waals surface area contributed by atoms with Gasteiger partial charge in [0.1, 0.15) is 0 Å². The minimum absolute atomic E-state index is 0.190. The summed E-state index contributed by atoms with van der Waals surface area (Å²) in [6.45, 7) is 0.901. The first kappa shape index (κ1) is 14.5. The van der Waals surface area contributed by atoms with Crippen LogP contribution in [0.3, 0.4) is 0 Å². The molecule has 1 heterocycles. The van der Waals surface area contributed by atoms with Crippen LogP contribution < -0.4 is 0 Å². The minimum Gasteiger partial charge on any atom is -0.302 e. The van der Waals surface area contributed by atoms with Crippen LogP contribution in [0, 0.1) is 0 Å². The van der Waals surface area contributed by atoms with Gasteiger partial charge in [-0.15, -0.1) is 0 Å². The molecule has 3 rings (SSSR count). The van der Waals surface area contributed by atoms with E-state index in [1.807, 2.05) is 7.05 Å². The topological polar surface area (TPSA) is 37.4 Å². The Kier molecular flexibility index (Phi) is 4.00. The van der Waals surface area contributed by atoms with Crippen LogP contribution in [0.15, 0.2) is 42.5 Å². The molecule has 2 aromatic carbocycles. The van der Waals surface area contributed by atoms with E-state index in [4.69, 9.17) is 0 Å². The molecule has 0 unspecified atom stereocenters.